The summed E-state index contributed by atoms with van der Waals surface area (Å²) >= 11 is 0. The molecule has 7 rings (SSSR count). The van der Waals surface area contributed by atoms with Crippen LogP contribution in [0.25, 0.3) is 16.6 Å². The lowest BCUT2D eigenvalue weighted by Crippen LogP contribution is -2.51. The Morgan fingerprint density at radius 3 is 2.48 bits per heavy atom. The zero-order valence-electron chi connectivity index (χ0n) is 14.1. The third-order valence-electron chi connectivity index (χ3n) is 6.72. The third-order valence-corrected chi connectivity index (χ3v) is 6.72. The van der Waals surface area contributed by atoms with Gasteiger partial charge in [0.05, 0.1) is 5.52 Å². The molecule has 4 bridgehead atoms. The monoisotopic (exact) mass is 334 g/mol. The molecule has 128 valence electrons. The number of nitrogens with zero attached hydrogens (tertiary/aromatic N) is 4. The van der Waals surface area contributed by atoms with E-state index in [9.17, 15) is 0 Å². The molecule has 0 atom stereocenters. The molecule has 0 spiro atoms. The van der Waals surface area contributed by atoms with Crippen molar-refractivity contribution in [2.75, 3.05) is 11.1 Å². The number of rotatable bonds is 2. The molecule has 25 heavy (non-hydrogen) atoms. The Labute approximate surface area is 145 Å². The fourth-order valence-electron chi connectivity index (χ4n) is 5.98. The lowest BCUT2D eigenvalue weighted by molar-refractivity contribution is 0.00746. The summed E-state index contributed by atoms with van der Waals surface area (Å²) < 4.78 is 1.86. The van der Waals surface area contributed by atoms with Gasteiger partial charge in [-0.25, -0.2) is 9.50 Å². The van der Waals surface area contributed by atoms with Gasteiger partial charge in [0.15, 0.2) is 11.3 Å². The van der Waals surface area contributed by atoms with Crippen molar-refractivity contribution in [3.63, 3.8) is 0 Å². The van der Waals surface area contributed by atoms with Crippen molar-refractivity contribution in [3.8, 4) is 0 Å². The number of pyridine rings is 1. The predicted octanol–water partition coefficient (Wildman–Crippen LogP) is 3.10. The van der Waals surface area contributed by atoms with Crippen LogP contribution in [0.1, 0.15) is 32.1 Å². The van der Waals surface area contributed by atoms with Crippen molar-refractivity contribution in [1.82, 2.24) is 19.6 Å². The normalized spacial score (nSPS) is 33.4. The number of nitrogens with one attached hydrogen (secondary N) is 1. The van der Waals surface area contributed by atoms with E-state index >= 15 is 0 Å². The number of nitrogens with two attached hydrogens (primary N) is 1. The quantitative estimate of drug-likeness (QED) is 0.752. The molecule has 0 saturated heterocycles. The Morgan fingerprint density at radius 1 is 0.960 bits per heavy atom. The van der Waals surface area contributed by atoms with Gasteiger partial charge in [0.1, 0.15) is 5.52 Å². The first-order valence-corrected chi connectivity index (χ1v) is 9.42. The van der Waals surface area contributed by atoms with Gasteiger partial charge < -0.3 is 11.1 Å². The van der Waals surface area contributed by atoms with Gasteiger partial charge in [-0.1, -0.05) is 6.07 Å². The van der Waals surface area contributed by atoms with Gasteiger partial charge >= 0.3 is 0 Å². The zero-order valence-corrected chi connectivity index (χ0v) is 14.1. The molecule has 3 heterocycles. The number of fused-ring (bicyclic) bond motifs is 3. The summed E-state index contributed by atoms with van der Waals surface area (Å²) in [5.74, 6) is 4.61. The second-order valence-electron chi connectivity index (χ2n) is 8.26. The molecule has 0 aromatic carbocycles. The highest BCUT2D eigenvalue weighted by atomic mass is 15.3. The topological polar surface area (TPSA) is 81.1 Å². The van der Waals surface area contributed by atoms with E-state index in [4.69, 9.17) is 10.8 Å². The van der Waals surface area contributed by atoms with Crippen LogP contribution in [0.5, 0.6) is 0 Å². The molecule has 6 heteroatoms. The largest absolute Gasteiger partial charge is 0.368 e. The Kier molecular flexibility index (Phi) is 2.68. The van der Waals surface area contributed by atoms with Gasteiger partial charge in [0.2, 0.25) is 5.95 Å². The first-order chi connectivity index (χ1) is 12.2. The number of hydrogen-bond donors (Lipinski definition) is 2. The molecular weight excluding hydrogens is 312 g/mol. The minimum Gasteiger partial charge on any atom is -0.368 e. The van der Waals surface area contributed by atoms with Crippen molar-refractivity contribution in [3.05, 3.63) is 24.4 Å². The number of aromatic nitrogens is 4. The molecule has 0 radical (unpaired) electrons. The minimum absolute atomic E-state index is 0.317. The second kappa shape index (κ2) is 4.84. The van der Waals surface area contributed by atoms with Gasteiger partial charge in [0.25, 0.3) is 0 Å². The van der Waals surface area contributed by atoms with Gasteiger partial charge in [0, 0.05) is 12.2 Å². The van der Waals surface area contributed by atoms with E-state index < -0.39 is 0 Å². The van der Waals surface area contributed by atoms with Gasteiger partial charge in [-0.3, -0.25) is 0 Å². The Hall–Kier alpha value is -2.37. The summed E-state index contributed by atoms with van der Waals surface area (Å²) in [5, 5.41) is 8.47. The molecular formula is C19H22N6. The average Bonchev–Trinajstić information content (AvgIpc) is 2.96. The fraction of sp³-hybridized carbons (Fsp3) is 0.526. The molecule has 3 aromatic heterocycles. The molecule has 3 aromatic rings. The number of nitrogen functional groups attached to an aromatic ring is 1. The van der Waals surface area contributed by atoms with E-state index in [2.05, 4.69) is 15.3 Å². The fourth-order valence-corrected chi connectivity index (χ4v) is 5.98. The maximum absolute atomic E-state index is 6.03. The highest BCUT2D eigenvalue weighted by molar-refractivity contribution is 5.97. The first-order valence-electron chi connectivity index (χ1n) is 9.42. The lowest BCUT2D eigenvalue weighted by atomic mass is 9.54. The predicted molar refractivity (Wildman–Crippen MR) is 97.2 cm³/mol. The Balaban J connectivity index is 1.44. The summed E-state index contributed by atoms with van der Waals surface area (Å²) in [7, 11) is 0. The van der Waals surface area contributed by atoms with E-state index in [-0.39, 0.29) is 0 Å². The van der Waals surface area contributed by atoms with Crippen LogP contribution >= 0.6 is 0 Å². The molecule has 4 saturated carbocycles. The van der Waals surface area contributed by atoms with Gasteiger partial charge in [-0.15, -0.1) is 0 Å². The molecule has 4 aliphatic rings. The van der Waals surface area contributed by atoms with Crippen LogP contribution in [-0.4, -0.2) is 25.6 Å². The van der Waals surface area contributed by atoms with Crippen LogP contribution in [0.4, 0.5) is 11.8 Å². The molecule has 4 aliphatic carbocycles. The molecule has 0 unspecified atom stereocenters. The van der Waals surface area contributed by atoms with Crippen LogP contribution < -0.4 is 11.1 Å². The molecule has 4 fully saturated rings. The lowest BCUT2D eigenvalue weighted by Gasteiger charge is -2.54. The van der Waals surface area contributed by atoms with E-state index in [1.54, 1.807) is 0 Å². The maximum atomic E-state index is 6.03. The molecule has 3 N–H and O–H groups in total. The van der Waals surface area contributed by atoms with Crippen LogP contribution in [0.15, 0.2) is 24.4 Å². The van der Waals surface area contributed by atoms with Crippen LogP contribution in [0.3, 0.4) is 0 Å². The standard InChI is InChI=1S/C19H22N6/c20-19-22-16-14-3-1-2-4-25(14)24-17(16)18(23-19)21-15-12-6-10-5-11(8-12)9-13(15)7-10/h1-4,10-13,15H,5-9H2,(H3,20,21,22,23). The Bertz CT molecular complexity index is 949. The SMILES string of the molecule is Nc1nc(NC2C3CC4CC(C3)CC2C4)c2nn3ccccc3c2n1. The van der Waals surface area contributed by atoms with Crippen LogP contribution in [-0.2, 0) is 0 Å². The zero-order chi connectivity index (χ0) is 16.5. The average molecular weight is 334 g/mol. The van der Waals surface area contributed by atoms with Gasteiger partial charge in [-0.2, -0.15) is 10.1 Å². The summed E-state index contributed by atoms with van der Waals surface area (Å²) in [4.78, 5) is 8.98. The van der Waals surface area contributed by atoms with E-state index in [1.165, 1.54) is 32.1 Å². The Morgan fingerprint density at radius 2 is 1.72 bits per heavy atom. The van der Waals surface area contributed by atoms with Crippen LogP contribution in [0, 0.1) is 23.7 Å². The molecule has 0 aliphatic heterocycles. The van der Waals surface area contributed by atoms with Crippen molar-refractivity contribution in [2.45, 2.75) is 38.1 Å². The second-order valence-corrected chi connectivity index (χ2v) is 8.26. The van der Waals surface area contributed by atoms with E-state index in [0.29, 0.717) is 12.0 Å². The third kappa shape index (κ3) is 2.00. The van der Waals surface area contributed by atoms with Crippen molar-refractivity contribution in [2.24, 2.45) is 23.7 Å². The van der Waals surface area contributed by atoms with Gasteiger partial charge in [-0.05, 0) is 67.9 Å². The van der Waals surface area contributed by atoms with Crippen molar-refractivity contribution < 1.29 is 0 Å². The summed E-state index contributed by atoms with van der Waals surface area (Å²) in [5.41, 5.74) is 8.66. The number of anilines is 2. The highest BCUT2D eigenvalue weighted by Crippen LogP contribution is 2.54. The molecule has 0 amide bonds. The van der Waals surface area contributed by atoms with Crippen LogP contribution in [0.2, 0.25) is 0 Å². The summed E-state index contributed by atoms with van der Waals surface area (Å²) in [6.07, 6.45) is 8.91. The minimum atomic E-state index is 0.317. The van der Waals surface area contributed by atoms with E-state index in [0.717, 1.165) is 46.0 Å². The summed E-state index contributed by atoms with van der Waals surface area (Å²) in [6.45, 7) is 0. The maximum Gasteiger partial charge on any atom is 0.222 e. The molecule has 6 nitrogen and oxygen atoms in total. The number of hydrogen-bond acceptors (Lipinski definition) is 5. The van der Waals surface area contributed by atoms with E-state index in [1.807, 2.05) is 28.9 Å². The summed E-state index contributed by atoms with van der Waals surface area (Å²) in [6, 6.07) is 6.50. The smallest absolute Gasteiger partial charge is 0.222 e. The van der Waals surface area contributed by atoms with Crippen molar-refractivity contribution in [1.29, 1.82) is 0 Å². The first kappa shape index (κ1) is 13.9. The highest BCUT2D eigenvalue weighted by Gasteiger charge is 2.48. The van der Waals surface area contributed by atoms with Crippen molar-refractivity contribution >= 4 is 28.3 Å².